The highest BCUT2D eigenvalue weighted by Crippen LogP contribution is 2.01. The van der Waals surface area contributed by atoms with Crippen LogP contribution < -0.4 is 22.6 Å². The van der Waals surface area contributed by atoms with Gasteiger partial charge in [0, 0.05) is 0 Å². The van der Waals surface area contributed by atoms with E-state index in [0.717, 1.165) is 11.1 Å². The predicted octanol–water partition coefficient (Wildman–Crippen LogP) is -0.0669. The van der Waals surface area contributed by atoms with Gasteiger partial charge in [0.25, 0.3) is 0 Å². The van der Waals surface area contributed by atoms with E-state index in [0.29, 0.717) is 0 Å². The van der Waals surface area contributed by atoms with E-state index < -0.39 is 0 Å². The van der Waals surface area contributed by atoms with Crippen molar-refractivity contribution in [3.8, 4) is 0 Å². The van der Waals surface area contributed by atoms with Gasteiger partial charge in [0.15, 0.2) is 0 Å². The molecule has 9 heteroatoms. The number of aliphatic imine (C=N–C) groups is 1. The topological polar surface area (TPSA) is 140 Å². The lowest BCUT2D eigenvalue weighted by Crippen LogP contribution is -2.27. The van der Waals surface area contributed by atoms with E-state index in [-0.39, 0.29) is 16.9 Å². The van der Waals surface area contributed by atoms with E-state index in [1.165, 1.54) is 6.21 Å². The molecule has 1 rings (SSSR count). The van der Waals surface area contributed by atoms with Gasteiger partial charge in [-0.25, -0.2) is 10.4 Å². The van der Waals surface area contributed by atoms with Gasteiger partial charge in [-0.1, -0.05) is 24.8 Å². The minimum atomic E-state index is -0.103. The van der Waals surface area contributed by atoms with Crippen molar-refractivity contribution in [3.05, 3.63) is 47.0 Å². The Labute approximate surface area is 127 Å². The number of hydrogen-bond donors (Lipinski definition) is 5. The van der Waals surface area contributed by atoms with Crippen LogP contribution in [0.15, 0.2) is 56.2 Å². The lowest BCUT2D eigenvalue weighted by Gasteiger charge is -1.98. The average Bonchev–Trinajstić information content (AvgIpc) is 2.38. The fourth-order valence-electron chi connectivity index (χ4n) is 1.22. The lowest BCUT2D eigenvalue weighted by molar-refractivity contribution is 1.01. The zero-order valence-corrected chi connectivity index (χ0v) is 12.0. The van der Waals surface area contributed by atoms with Crippen molar-refractivity contribution in [3.63, 3.8) is 0 Å². The van der Waals surface area contributed by atoms with Crippen LogP contribution in [0.3, 0.4) is 0 Å². The molecule has 21 heavy (non-hydrogen) atoms. The van der Waals surface area contributed by atoms with Gasteiger partial charge in [-0.3, -0.25) is 0 Å². The van der Waals surface area contributed by atoms with Crippen molar-refractivity contribution in [2.24, 2.45) is 37.5 Å². The monoisotopic (exact) mass is 304 g/mol. The molecule has 0 heterocycles. The zero-order chi connectivity index (χ0) is 15.7. The summed E-state index contributed by atoms with van der Waals surface area (Å²) in [5.74, 6) is -0.00886. The molecule has 0 saturated carbocycles. The molecular formula is C12H16N8S. The summed E-state index contributed by atoms with van der Waals surface area (Å²) in [6, 6.07) is 7.37. The first kappa shape index (κ1) is 16.2. The minimum Gasteiger partial charge on any atom is -0.369 e. The van der Waals surface area contributed by atoms with Crippen LogP contribution in [0.4, 0.5) is 0 Å². The number of thiol groups is 1. The number of nitrogens with two attached hydrogens (primary N) is 3. The first-order chi connectivity index (χ1) is 9.97. The predicted molar refractivity (Wildman–Crippen MR) is 90.3 cm³/mol. The molecule has 0 saturated heterocycles. The van der Waals surface area contributed by atoms with Gasteiger partial charge in [-0.15, -0.1) is 17.7 Å². The second-order valence-electron chi connectivity index (χ2n) is 3.72. The van der Waals surface area contributed by atoms with E-state index in [1.807, 2.05) is 24.3 Å². The molecule has 0 aliphatic rings. The molecule has 7 N–H and O–H groups in total. The third-order valence-electron chi connectivity index (χ3n) is 1.93. The molecule has 0 aliphatic carbocycles. The van der Waals surface area contributed by atoms with Crippen LogP contribution in [-0.4, -0.2) is 24.3 Å². The van der Waals surface area contributed by atoms with Crippen LogP contribution in [0.2, 0.25) is 0 Å². The number of hydrazone groups is 1. The Bertz CT molecular complexity index is 613. The standard InChI is InChI=1S/C12H16N8S/c1-8(21)18-12(15)20-17-7-10-4-2-3-9(5-10)6-16-19-11(13)14/h2-7,21H,1H2,(H4,13,14,19)(H3,15,18,20)/b16-6+,17-7+. The van der Waals surface area contributed by atoms with Gasteiger partial charge in [0.1, 0.15) is 0 Å². The Hall–Kier alpha value is -2.81. The lowest BCUT2D eigenvalue weighted by atomic mass is 10.1. The van der Waals surface area contributed by atoms with Crippen molar-refractivity contribution in [1.82, 2.24) is 5.43 Å². The summed E-state index contributed by atoms with van der Waals surface area (Å²) in [5.41, 5.74) is 20.0. The highest BCUT2D eigenvalue weighted by Gasteiger charge is 1.92. The average molecular weight is 304 g/mol. The molecule has 0 radical (unpaired) electrons. The largest absolute Gasteiger partial charge is 0.369 e. The number of nitrogens with zero attached hydrogens (tertiary/aromatic N) is 4. The Morgan fingerprint density at radius 3 is 2.48 bits per heavy atom. The fraction of sp³-hybridized carbons (Fsp3) is 0. The maximum absolute atomic E-state index is 5.52. The first-order valence-electron chi connectivity index (χ1n) is 5.70. The SMILES string of the molecule is C=C(S)N=C(N)N/N=C/c1cccc(/C=N/N=C(N)N)c1. The van der Waals surface area contributed by atoms with Gasteiger partial charge in [-0.2, -0.15) is 10.2 Å². The maximum Gasteiger partial charge on any atom is 0.215 e. The van der Waals surface area contributed by atoms with Crippen LogP contribution in [-0.2, 0) is 0 Å². The highest BCUT2D eigenvalue weighted by atomic mass is 32.1. The second-order valence-corrected chi connectivity index (χ2v) is 4.24. The molecule has 0 bridgehead atoms. The van der Waals surface area contributed by atoms with Crippen LogP contribution >= 0.6 is 12.6 Å². The maximum atomic E-state index is 5.52. The van der Waals surface area contributed by atoms with E-state index in [2.05, 4.69) is 44.9 Å². The van der Waals surface area contributed by atoms with E-state index in [4.69, 9.17) is 17.2 Å². The molecule has 1 aromatic rings. The molecule has 0 fully saturated rings. The second kappa shape index (κ2) is 8.38. The van der Waals surface area contributed by atoms with Crippen molar-refractivity contribution < 1.29 is 0 Å². The van der Waals surface area contributed by atoms with Crippen LogP contribution in [0.5, 0.6) is 0 Å². The quantitative estimate of drug-likeness (QED) is 0.225. The Balaban J connectivity index is 2.70. The Morgan fingerprint density at radius 2 is 1.86 bits per heavy atom. The van der Waals surface area contributed by atoms with Gasteiger partial charge in [0.2, 0.25) is 11.9 Å². The highest BCUT2D eigenvalue weighted by molar-refractivity contribution is 7.84. The fourth-order valence-corrected chi connectivity index (χ4v) is 1.33. The summed E-state index contributed by atoms with van der Waals surface area (Å²) in [5, 5.41) is 11.4. The van der Waals surface area contributed by atoms with Crippen LogP contribution in [0.1, 0.15) is 11.1 Å². The van der Waals surface area contributed by atoms with Gasteiger partial charge in [-0.05, 0) is 17.2 Å². The van der Waals surface area contributed by atoms with Crippen molar-refractivity contribution in [2.45, 2.75) is 0 Å². The molecule has 0 aromatic heterocycles. The number of hydrogen-bond acceptors (Lipinski definition) is 5. The molecule has 8 nitrogen and oxygen atoms in total. The van der Waals surface area contributed by atoms with Crippen molar-refractivity contribution in [1.29, 1.82) is 0 Å². The van der Waals surface area contributed by atoms with E-state index in [1.54, 1.807) is 6.21 Å². The summed E-state index contributed by atoms with van der Waals surface area (Å²) in [7, 11) is 0. The molecule has 1 aromatic carbocycles. The molecule has 110 valence electrons. The van der Waals surface area contributed by atoms with Gasteiger partial charge < -0.3 is 17.2 Å². The molecule has 0 unspecified atom stereocenters. The third-order valence-corrected chi connectivity index (χ3v) is 2.03. The first-order valence-corrected chi connectivity index (χ1v) is 6.15. The van der Waals surface area contributed by atoms with Crippen LogP contribution in [0.25, 0.3) is 0 Å². The van der Waals surface area contributed by atoms with Crippen molar-refractivity contribution in [2.75, 3.05) is 0 Å². The molecule has 0 amide bonds. The van der Waals surface area contributed by atoms with Gasteiger partial charge in [0.05, 0.1) is 17.5 Å². The normalized spacial score (nSPS) is 11.8. The summed E-state index contributed by atoms with van der Waals surface area (Å²) < 4.78 is 0. The molecule has 0 spiro atoms. The summed E-state index contributed by atoms with van der Waals surface area (Å²) in [4.78, 5) is 3.76. The van der Waals surface area contributed by atoms with E-state index >= 15 is 0 Å². The Kier molecular flexibility index (Phi) is 6.48. The number of guanidine groups is 2. The smallest absolute Gasteiger partial charge is 0.215 e. The summed E-state index contributed by atoms with van der Waals surface area (Å²) in [6.45, 7) is 3.48. The number of rotatable bonds is 5. The minimum absolute atomic E-state index is 0.0942. The van der Waals surface area contributed by atoms with Gasteiger partial charge >= 0.3 is 0 Å². The van der Waals surface area contributed by atoms with Crippen molar-refractivity contribution >= 4 is 37.0 Å². The molecule has 0 aliphatic heterocycles. The zero-order valence-electron chi connectivity index (χ0n) is 11.1. The van der Waals surface area contributed by atoms with Crippen LogP contribution in [0, 0.1) is 0 Å². The third kappa shape index (κ3) is 7.38. The number of benzene rings is 1. The number of nitrogens with one attached hydrogen (secondary N) is 1. The molecule has 0 atom stereocenters. The molecular weight excluding hydrogens is 288 g/mol. The van der Waals surface area contributed by atoms with E-state index in [9.17, 15) is 0 Å². The Morgan fingerprint density at radius 1 is 1.19 bits per heavy atom. The summed E-state index contributed by atoms with van der Waals surface area (Å²) in [6.07, 6.45) is 3.09. The summed E-state index contributed by atoms with van der Waals surface area (Å²) >= 11 is 3.89.